The minimum Gasteiger partial charge on any atom is -0.493 e. The van der Waals surface area contributed by atoms with Gasteiger partial charge in [-0.2, -0.15) is 0 Å². The Morgan fingerprint density at radius 3 is 2.40 bits per heavy atom. The standard InChI is InChI=1S/C16H17BrO3/c1-19-15-8-7-12(10-16(15)20-2)14(18)9-11-5-3-4-6-13(11)17/h3-8,10,14,18H,9H2,1-2H3. The first-order valence-electron chi connectivity index (χ1n) is 6.29. The van der Waals surface area contributed by atoms with Crippen LogP contribution in [0.15, 0.2) is 46.9 Å². The minimum atomic E-state index is -0.589. The van der Waals surface area contributed by atoms with Crippen molar-refractivity contribution in [2.45, 2.75) is 12.5 Å². The molecule has 2 aromatic rings. The van der Waals surface area contributed by atoms with E-state index in [2.05, 4.69) is 15.9 Å². The van der Waals surface area contributed by atoms with E-state index in [0.29, 0.717) is 17.9 Å². The summed E-state index contributed by atoms with van der Waals surface area (Å²) in [5.74, 6) is 1.28. The topological polar surface area (TPSA) is 38.7 Å². The van der Waals surface area contributed by atoms with Gasteiger partial charge >= 0.3 is 0 Å². The van der Waals surface area contributed by atoms with Crippen molar-refractivity contribution in [3.8, 4) is 11.5 Å². The zero-order valence-electron chi connectivity index (χ0n) is 11.5. The molecule has 0 heterocycles. The first-order chi connectivity index (χ1) is 9.65. The molecule has 2 rings (SSSR count). The van der Waals surface area contributed by atoms with Crippen LogP contribution in [-0.2, 0) is 6.42 Å². The summed E-state index contributed by atoms with van der Waals surface area (Å²) in [5.41, 5.74) is 1.87. The van der Waals surface area contributed by atoms with Crippen LogP contribution in [0.5, 0.6) is 11.5 Å². The van der Waals surface area contributed by atoms with Crippen molar-refractivity contribution in [2.75, 3.05) is 14.2 Å². The molecular weight excluding hydrogens is 320 g/mol. The lowest BCUT2D eigenvalue weighted by molar-refractivity contribution is 0.177. The van der Waals surface area contributed by atoms with E-state index in [1.807, 2.05) is 30.3 Å². The van der Waals surface area contributed by atoms with Crippen LogP contribution in [0, 0.1) is 0 Å². The van der Waals surface area contributed by atoms with Crippen LogP contribution in [0.2, 0.25) is 0 Å². The van der Waals surface area contributed by atoms with Crippen molar-refractivity contribution in [2.24, 2.45) is 0 Å². The van der Waals surface area contributed by atoms with Crippen molar-refractivity contribution in [1.29, 1.82) is 0 Å². The van der Waals surface area contributed by atoms with E-state index in [1.165, 1.54) is 0 Å². The molecule has 20 heavy (non-hydrogen) atoms. The van der Waals surface area contributed by atoms with E-state index in [0.717, 1.165) is 15.6 Å². The lowest BCUT2D eigenvalue weighted by Gasteiger charge is -2.15. The van der Waals surface area contributed by atoms with Crippen LogP contribution >= 0.6 is 15.9 Å². The highest BCUT2D eigenvalue weighted by Crippen LogP contribution is 2.31. The predicted octanol–water partition coefficient (Wildman–Crippen LogP) is 3.74. The van der Waals surface area contributed by atoms with Crippen molar-refractivity contribution < 1.29 is 14.6 Å². The molecule has 0 amide bonds. The normalized spacial score (nSPS) is 12.0. The molecule has 1 atom stereocenters. The second-order valence-electron chi connectivity index (χ2n) is 4.43. The zero-order chi connectivity index (χ0) is 14.5. The summed E-state index contributed by atoms with van der Waals surface area (Å²) in [7, 11) is 3.18. The van der Waals surface area contributed by atoms with Gasteiger partial charge in [0.15, 0.2) is 11.5 Å². The summed E-state index contributed by atoms with van der Waals surface area (Å²) in [4.78, 5) is 0. The number of aliphatic hydroxyl groups excluding tert-OH is 1. The number of hydrogen-bond acceptors (Lipinski definition) is 3. The van der Waals surface area contributed by atoms with E-state index in [9.17, 15) is 5.11 Å². The van der Waals surface area contributed by atoms with Gasteiger partial charge in [-0.05, 0) is 29.3 Å². The Labute approximate surface area is 127 Å². The van der Waals surface area contributed by atoms with Crippen LogP contribution in [0.3, 0.4) is 0 Å². The molecule has 0 saturated carbocycles. The second-order valence-corrected chi connectivity index (χ2v) is 5.28. The summed E-state index contributed by atoms with van der Waals surface area (Å²) in [6.45, 7) is 0. The van der Waals surface area contributed by atoms with Gasteiger partial charge in [0, 0.05) is 10.9 Å². The molecule has 0 aliphatic rings. The number of methoxy groups -OCH3 is 2. The Bertz CT molecular complexity index is 584. The summed E-state index contributed by atoms with van der Waals surface area (Å²) >= 11 is 3.49. The molecule has 0 spiro atoms. The van der Waals surface area contributed by atoms with Gasteiger partial charge in [-0.3, -0.25) is 0 Å². The molecule has 0 aliphatic heterocycles. The Balaban J connectivity index is 2.21. The quantitative estimate of drug-likeness (QED) is 0.903. The van der Waals surface area contributed by atoms with Crippen LogP contribution < -0.4 is 9.47 Å². The number of aliphatic hydroxyl groups is 1. The van der Waals surface area contributed by atoms with E-state index >= 15 is 0 Å². The Morgan fingerprint density at radius 2 is 1.75 bits per heavy atom. The Hall–Kier alpha value is -1.52. The molecule has 1 unspecified atom stereocenters. The maximum Gasteiger partial charge on any atom is 0.161 e. The summed E-state index contributed by atoms with van der Waals surface area (Å²) in [6.07, 6.45) is -0.0507. The molecule has 4 heteroatoms. The van der Waals surface area contributed by atoms with Crippen LogP contribution in [0.1, 0.15) is 17.2 Å². The van der Waals surface area contributed by atoms with Gasteiger partial charge in [-0.1, -0.05) is 40.2 Å². The number of hydrogen-bond donors (Lipinski definition) is 1. The smallest absolute Gasteiger partial charge is 0.161 e. The number of benzene rings is 2. The molecule has 0 saturated heterocycles. The second kappa shape index (κ2) is 6.77. The molecule has 0 fully saturated rings. The van der Waals surface area contributed by atoms with E-state index in [1.54, 1.807) is 26.4 Å². The lowest BCUT2D eigenvalue weighted by Crippen LogP contribution is -2.03. The third kappa shape index (κ3) is 3.32. The fraction of sp³-hybridized carbons (Fsp3) is 0.250. The van der Waals surface area contributed by atoms with Crippen LogP contribution in [0.4, 0.5) is 0 Å². The Morgan fingerprint density at radius 1 is 1.05 bits per heavy atom. The maximum atomic E-state index is 10.4. The predicted molar refractivity (Wildman–Crippen MR) is 82.4 cm³/mol. The third-order valence-electron chi connectivity index (χ3n) is 3.16. The average Bonchev–Trinajstić information content (AvgIpc) is 2.48. The van der Waals surface area contributed by atoms with Crippen molar-refractivity contribution in [3.63, 3.8) is 0 Å². The molecule has 2 aromatic carbocycles. The third-order valence-corrected chi connectivity index (χ3v) is 3.94. The molecule has 0 bridgehead atoms. The molecule has 3 nitrogen and oxygen atoms in total. The highest BCUT2D eigenvalue weighted by Gasteiger charge is 2.13. The summed E-state index contributed by atoms with van der Waals surface area (Å²) < 4.78 is 11.4. The summed E-state index contributed by atoms with van der Waals surface area (Å²) in [6, 6.07) is 13.3. The zero-order valence-corrected chi connectivity index (χ0v) is 13.1. The molecule has 106 valence electrons. The highest BCUT2D eigenvalue weighted by atomic mass is 79.9. The lowest BCUT2D eigenvalue weighted by atomic mass is 10.0. The van der Waals surface area contributed by atoms with Crippen molar-refractivity contribution >= 4 is 15.9 Å². The molecule has 0 aromatic heterocycles. The van der Waals surface area contributed by atoms with Gasteiger partial charge in [0.1, 0.15) is 0 Å². The fourth-order valence-electron chi connectivity index (χ4n) is 2.05. The highest BCUT2D eigenvalue weighted by molar-refractivity contribution is 9.10. The van der Waals surface area contributed by atoms with E-state index in [-0.39, 0.29) is 0 Å². The number of halogens is 1. The molecular formula is C16H17BrO3. The van der Waals surface area contributed by atoms with Gasteiger partial charge in [0.05, 0.1) is 20.3 Å². The molecule has 1 N–H and O–H groups in total. The van der Waals surface area contributed by atoms with Crippen molar-refractivity contribution in [1.82, 2.24) is 0 Å². The van der Waals surface area contributed by atoms with Gasteiger partial charge in [0.2, 0.25) is 0 Å². The minimum absolute atomic E-state index is 0.539. The largest absolute Gasteiger partial charge is 0.493 e. The van der Waals surface area contributed by atoms with Gasteiger partial charge in [-0.15, -0.1) is 0 Å². The Kier molecular flexibility index (Phi) is 5.04. The monoisotopic (exact) mass is 336 g/mol. The molecule has 0 radical (unpaired) electrons. The average molecular weight is 337 g/mol. The van der Waals surface area contributed by atoms with E-state index < -0.39 is 6.10 Å². The van der Waals surface area contributed by atoms with Gasteiger partial charge < -0.3 is 14.6 Å². The maximum absolute atomic E-state index is 10.4. The number of rotatable bonds is 5. The van der Waals surface area contributed by atoms with Gasteiger partial charge in [0.25, 0.3) is 0 Å². The van der Waals surface area contributed by atoms with Crippen molar-refractivity contribution in [3.05, 3.63) is 58.1 Å². The van der Waals surface area contributed by atoms with Crippen LogP contribution in [0.25, 0.3) is 0 Å². The first-order valence-corrected chi connectivity index (χ1v) is 7.08. The van der Waals surface area contributed by atoms with Crippen LogP contribution in [-0.4, -0.2) is 19.3 Å². The first kappa shape index (κ1) is 14.9. The molecule has 0 aliphatic carbocycles. The van der Waals surface area contributed by atoms with E-state index in [4.69, 9.17) is 9.47 Å². The van der Waals surface area contributed by atoms with Gasteiger partial charge in [-0.25, -0.2) is 0 Å². The fourth-order valence-corrected chi connectivity index (χ4v) is 2.50. The SMILES string of the molecule is COc1ccc(C(O)Cc2ccccc2Br)cc1OC. The number of ether oxygens (including phenoxy) is 2. The summed E-state index contributed by atoms with van der Waals surface area (Å²) in [5, 5.41) is 10.4.